The maximum Gasteiger partial charge on any atom is 0.277 e. The van der Waals surface area contributed by atoms with E-state index in [2.05, 4.69) is 43.1 Å². The fourth-order valence-electron chi connectivity index (χ4n) is 2.03. The van der Waals surface area contributed by atoms with Crippen molar-refractivity contribution in [2.24, 2.45) is 7.05 Å². The van der Waals surface area contributed by atoms with Crippen molar-refractivity contribution in [2.75, 3.05) is 5.32 Å². The monoisotopic (exact) mass is 442 g/mol. The van der Waals surface area contributed by atoms with E-state index in [1.54, 1.807) is 24.3 Å². The number of nitrogens with one attached hydrogen (secondary N) is 1. The number of benzene rings is 1. The van der Waals surface area contributed by atoms with Gasteiger partial charge in [-0.05, 0) is 40.3 Å². The zero-order chi connectivity index (χ0) is 16.4. The van der Waals surface area contributed by atoms with E-state index in [4.69, 9.17) is 11.6 Å². The van der Waals surface area contributed by atoms with Crippen LogP contribution in [0.2, 0.25) is 5.02 Å². The maximum atomic E-state index is 12.2. The molecule has 0 radical (unpaired) electrons. The summed E-state index contributed by atoms with van der Waals surface area (Å²) in [5.74, 6) is -0.0420. The second-order valence-corrected chi connectivity index (χ2v) is 6.41. The number of hydrogen-bond donors (Lipinski definition) is 1. The normalized spacial score (nSPS) is 10.7. The minimum Gasteiger partial charge on any atom is -0.288 e. The number of nitrogens with zero attached hydrogens (tertiary/aromatic N) is 5. The van der Waals surface area contributed by atoms with Crippen molar-refractivity contribution >= 4 is 46.0 Å². The van der Waals surface area contributed by atoms with Crippen LogP contribution in [0.4, 0.5) is 5.95 Å². The summed E-state index contributed by atoms with van der Waals surface area (Å²) in [6.07, 6.45) is 3.19. The fourth-order valence-corrected chi connectivity index (χ4v) is 2.88. The standard InChI is InChI=1S/C14H12ClIN6O/c1-21-12(11(16)6-18-21)13(23)19-14-17-8-22(20-14)7-9-2-4-10(15)5-3-9/h2-6,8H,7H2,1H3,(H,19,20,23). The number of carbonyl (C=O) groups is 1. The molecule has 0 spiro atoms. The lowest BCUT2D eigenvalue weighted by molar-refractivity contribution is 0.101. The number of carbonyl (C=O) groups excluding carboxylic acids is 1. The van der Waals surface area contributed by atoms with Gasteiger partial charge in [0.1, 0.15) is 12.0 Å². The topological polar surface area (TPSA) is 77.6 Å². The number of aryl methyl sites for hydroxylation is 1. The Hall–Kier alpha value is -1.94. The first-order valence-electron chi connectivity index (χ1n) is 6.65. The lowest BCUT2D eigenvalue weighted by Gasteiger charge is -2.03. The highest BCUT2D eigenvalue weighted by atomic mass is 127. The van der Waals surface area contributed by atoms with E-state index in [0.29, 0.717) is 17.3 Å². The number of aromatic nitrogens is 5. The molecule has 0 aliphatic rings. The highest BCUT2D eigenvalue weighted by molar-refractivity contribution is 14.1. The van der Waals surface area contributed by atoms with Crippen LogP contribution in [0.5, 0.6) is 0 Å². The molecule has 1 amide bonds. The van der Waals surface area contributed by atoms with Crippen LogP contribution in [0.3, 0.4) is 0 Å². The Kier molecular flexibility index (Phi) is 4.62. The first kappa shape index (κ1) is 15.9. The quantitative estimate of drug-likeness (QED) is 0.630. The lowest BCUT2D eigenvalue weighted by atomic mass is 10.2. The summed E-state index contributed by atoms with van der Waals surface area (Å²) in [7, 11) is 1.71. The van der Waals surface area contributed by atoms with Crippen LogP contribution in [-0.4, -0.2) is 30.5 Å². The summed E-state index contributed by atoms with van der Waals surface area (Å²) in [5.41, 5.74) is 1.51. The van der Waals surface area contributed by atoms with Gasteiger partial charge in [0.2, 0.25) is 5.95 Å². The Labute approximate surface area is 150 Å². The van der Waals surface area contributed by atoms with Gasteiger partial charge in [0.25, 0.3) is 5.91 Å². The van der Waals surface area contributed by atoms with Gasteiger partial charge in [-0.15, -0.1) is 5.10 Å². The van der Waals surface area contributed by atoms with Crippen molar-refractivity contribution in [1.29, 1.82) is 0 Å². The van der Waals surface area contributed by atoms with Crippen LogP contribution in [0.1, 0.15) is 16.1 Å². The molecule has 2 aromatic heterocycles. The van der Waals surface area contributed by atoms with Crippen LogP contribution in [0.25, 0.3) is 0 Å². The van der Waals surface area contributed by atoms with E-state index in [-0.39, 0.29) is 11.9 Å². The smallest absolute Gasteiger partial charge is 0.277 e. The van der Waals surface area contributed by atoms with E-state index < -0.39 is 0 Å². The van der Waals surface area contributed by atoms with Gasteiger partial charge in [-0.1, -0.05) is 23.7 Å². The number of hydrogen-bond acceptors (Lipinski definition) is 4. The molecule has 0 aliphatic heterocycles. The first-order valence-corrected chi connectivity index (χ1v) is 8.11. The molecule has 9 heteroatoms. The molecule has 3 aromatic rings. The van der Waals surface area contributed by atoms with Crippen LogP contribution in [0.15, 0.2) is 36.8 Å². The van der Waals surface area contributed by atoms with Crippen LogP contribution in [-0.2, 0) is 13.6 Å². The summed E-state index contributed by atoms with van der Waals surface area (Å²) in [5, 5.41) is 11.6. The maximum absolute atomic E-state index is 12.2. The number of halogens is 2. The predicted octanol–water partition coefficient (Wildman–Crippen LogP) is 2.57. The Morgan fingerprint density at radius 1 is 1.35 bits per heavy atom. The Balaban J connectivity index is 1.70. The largest absolute Gasteiger partial charge is 0.288 e. The minimum atomic E-state index is -0.293. The molecule has 23 heavy (non-hydrogen) atoms. The van der Waals surface area contributed by atoms with Crippen molar-refractivity contribution < 1.29 is 4.79 Å². The van der Waals surface area contributed by atoms with Gasteiger partial charge in [-0.25, -0.2) is 9.67 Å². The third-order valence-electron chi connectivity index (χ3n) is 3.13. The van der Waals surface area contributed by atoms with E-state index in [9.17, 15) is 4.79 Å². The third-order valence-corrected chi connectivity index (χ3v) is 4.17. The van der Waals surface area contributed by atoms with Crippen molar-refractivity contribution in [2.45, 2.75) is 6.54 Å². The van der Waals surface area contributed by atoms with E-state index in [1.807, 2.05) is 24.3 Å². The van der Waals surface area contributed by atoms with Crippen molar-refractivity contribution in [3.8, 4) is 0 Å². The molecule has 2 heterocycles. The molecule has 0 unspecified atom stereocenters. The SMILES string of the molecule is Cn1ncc(I)c1C(=O)Nc1ncn(Cc2ccc(Cl)cc2)n1. The lowest BCUT2D eigenvalue weighted by Crippen LogP contribution is -2.18. The molecule has 1 N–H and O–H groups in total. The average Bonchev–Trinajstić information content (AvgIpc) is 3.08. The van der Waals surface area contributed by atoms with Crippen molar-refractivity contribution in [3.05, 3.63) is 56.6 Å². The molecule has 0 bridgehead atoms. The summed E-state index contributed by atoms with van der Waals surface area (Å²) in [6.45, 7) is 0.545. The third kappa shape index (κ3) is 3.70. The van der Waals surface area contributed by atoms with E-state index in [0.717, 1.165) is 9.13 Å². The molecule has 0 atom stereocenters. The van der Waals surface area contributed by atoms with Crippen molar-refractivity contribution in [1.82, 2.24) is 24.5 Å². The molecular weight excluding hydrogens is 431 g/mol. The number of rotatable bonds is 4. The van der Waals surface area contributed by atoms with Gasteiger partial charge in [0.05, 0.1) is 16.3 Å². The van der Waals surface area contributed by atoms with Gasteiger partial charge in [0, 0.05) is 12.1 Å². The molecule has 0 saturated carbocycles. The summed E-state index contributed by atoms with van der Waals surface area (Å²) < 4.78 is 3.93. The van der Waals surface area contributed by atoms with Gasteiger partial charge in [-0.3, -0.25) is 14.8 Å². The molecule has 1 aromatic carbocycles. The molecule has 7 nitrogen and oxygen atoms in total. The number of amides is 1. The Bertz CT molecular complexity index is 822. The molecule has 0 aliphatic carbocycles. The zero-order valence-electron chi connectivity index (χ0n) is 12.1. The van der Waals surface area contributed by atoms with Crippen LogP contribution in [0, 0.1) is 3.57 Å². The predicted molar refractivity (Wildman–Crippen MR) is 94.5 cm³/mol. The summed E-state index contributed by atoms with van der Waals surface area (Å²) in [6, 6.07) is 7.47. The van der Waals surface area contributed by atoms with Gasteiger partial charge >= 0.3 is 0 Å². The molecule has 118 valence electrons. The first-order chi connectivity index (χ1) is 11.0. The van der Waals surface area contributed by atoms with Crippen LogP contribution < -0.4 is 5.32 Å². The molecule has 3 rings (SSSR count). The highest BCUT2D eigenvalue weighted by Crippen LogP contribution is 2.13. The van der Waals surface area contributed by atoms with Gasteiger partial charge in [0.15, 0.2) is 0 Å². The van der Waals surface area contributed by atoms with Gasteiger partial charge in [-0.2, -0.15) is 5.10 Å². The number of anilines is 1. The Morgan fingerprint density at radius 3 is 2.74 bits per heavy atom. The second-order valence-electron chi connectivity index (χ2n) is 4.81. The van der Waals surface area contributed by atoms with Crippen LogP contribution >= 0.6 is 34.2 Å². The van der Waals surface area contributed by atoms with E-state index in [1.165, 1.54) is 4.68 Å². The molecular formula is C14H12ClIN6O. The molecule has 0 saturated heterocycles. The van der Waals surface area contributed by atoms with E-state index >= 15 is 0 Å². The average molecular weight is 443 g/mol. The highest BCUT2D eigenvalue weighted by Gasteiger charge is 2.16. The fraction of sp³-hybridized carbons (Fsp3) is 0.143. The van der Waals surface area contributed by atoms with Gasteiger partial charge < -0.3 is 0 Å². The second kappa shape index (κ2) is 6.67. The summed E-state index contributed by atoms with van der Waals surface area (Å²) in [4.78, 5) is 16.3. The summed E-state index contributed by atoms with van der Waals surface area (Å²) >= 11 is 7.92. The van der Waals surface area contributed by atoms with Crippen molar-refractivity contribution in [3.63, 3.8) is 0 Å². The molecule has 0 fully saturated rings. The Morgan fingerprint density at radius 2 is 2.09 bits per heavy atom. The minimum absolute atomic E-state index is 0.251. The zero-order valence-corrected chi connectivity index (χ0v) is 15.0.